The number of ether oxygens (including phenoxy) is 2. The minimum absolute atomic E-state index is 0.523. The summed E-state index contributed by atoms with van der Waals surface area (Å²) in [6, 6.07) is 7.45. The number of nitrogens with zero attached hydrogens (tertiary/aromatic N) is 2. The van der Waals surface area contributed by atoms with Gasteiger partial charge in [-0.3, -0.25) is 0 Å². The number of benzene rings is 1. The van der Waals surface area contributed by atoms with Crippen LogP contribution in [0.2, 0.25) is 0 Å². The first-order valence-electron chi connectivity index (χ1n) is 9.02. The number of methoxy groups -OCH3 is 2. The first kappa shape index (κ1) is 18.0. The molecule has 138 valence electrons. The van der Waals surface area contributed by atoms with E-state index in [4.69, 9.17) is 9.47 Å². The highest BCUT2D eigenvalue weighted by Gasteiger charge is 2.08. The lowest BCUT2D eigenvalue weighted by Crippen LogP contribution is -2.07. The Morgan fingerprint density at radius 2 is 2.04 bits per heavy atom. The molecule has 1 aliphatic rings. The summed E-state index contributed by atoms with van der Waals surface area (Å²) in [7, 11) is 3.25. The second-order valence-corrected chi connectivity index (χ2v) is 6.24. The van der Waals surface area contributed by atoms with E-state index in [-0.39, 0.29) is 0 Å². The van der Waals surface area contributed by atoms with Gasteiger partial charge in [0.1, 0.15) is 17.3 Å². The third-order valence-corrected chi connectivity index (χ3v) is 4.45. The van der Waals surface area contributed by atoms with E-state index in [1.807, 2.05) is 24.3 Å². The summed E-state index contributed by atoms with van der Waals surface area (Å²) in [6.07, 6.45) is 10.3. The van der Waals surface area contributed by atoms with Crippen LogP contribution in [0.1, 0.15) is 32.1 Å². The Kier molecular flexibility index (Phi) is 6.30. The van der Waals surface area contributed by atoms with Gasteiger partial charge in [-0.15, -0.1) is 0 Å². The molecule has 0 bridgehead atoms. The summed E-state index contributed by atoms with van der Waals surface area (Å²) in [5, 5.41) is 6.58. The summed E-state index contributed by atoms with van der Waals surface area (Å²) in [6.45, 7) is 0.883. The van der Waals surface area contributed by atoms with Gasteiger partial charge in [-0.2, -0.15) is 4.98 Å². The van der Waals surface area contributed by atoms with Crippen molar-refractivity contribution in [3.05, 3.63) is 42.1 Å². The predicted octanol–water partition coefficient (Wildman–Crippen LogP) is 4.54. The van der Waals surface area contributed by atoms with Crippen LogP contribution < -0.4 is 20.1 Å². The molecule has 0 amide bonds. The first-order chi connectivity index (χ1) is 12.8. The average Bonchev–Trinajstić information content (AvgIpc) is 2.69. The van der Waals surface area contributed by atoms with E-state index < -0.39 is 0 Å². The molecule has 0 saturated carbocycles. The van der Waals surface area contributed by atoms with E-state index in [9.17, 15) is 0 Å². The van der Waals surface area contributed by atoms with Gasteiger partial charge >= 0.3 is 0 Å². The Labute approximate surface area is 154 Å². The first-order valence-corrected chi connectivity index (χ1v) is 9.02. The number of hydrogen-bond donors (Lipinski definition) is 2. The molecule has 0 atom stereocenters. The Hall–Kier alpha value is -2.76. The fraction of sp³-hybridized carbons (Fsp3) is 0.400. The molecule has 2 aromatic rings. The van der Waals surface area contributed by atoms with Gasteiger partial charge in [0.25, 0.3) is 0 Å². The van der Waals surface area contributed by atoms with E-state index in [1.54, 1.807) is 26.0 Å². The lowest BCUT2D eigenvalue weighted by atomic mass is 9.97. The second kappa shape index (κ2) is 9.08. The molecule has 0 saturated heterocycles. The van der Waals surface area contributed by atoms with Gasteiger partial charge in [-0.25, -0.2) is 4.98 Å². The van der Waals surface area contributed by atoms with Crippen molar-refractivity contribution in [2.75, 3.05) is 31.4 Å². The molecule has 6 heteroatoms. The van der Waals surface area contributed by atoms with Crippen molar-refractivity contribution in [2.24, 2.45) is 0 Å². The molecular formula is C20H26N4O2. The zero-order valence-electron chi connectivity index (χ0n) is 15.4. The largest absolute Gasteiger partial charge is 0.497 e. The van der Waals surface area contributed by atoms with Crippen molar-refractivity contribution in [3.8, 4) is 11.5 Å². The third kappa shape index (κ3) is 4.88. The molecule has 0 radical (unpaired) electrons. The van der Waals surface area contributed by atoms with Crippen LogP contribution in [0.25, 0.3) is 0 Å². The maximum atomic E-state index is 5.40. The van der Waals surface area contributed by atoms with E-state index in [1.165, 1.54) is 25.7 Å². The number of allylic oxidation sites excluding steroid dienone is 1. The molecule has 2 N–H and O–H groups in total. The summed E-state index contributed by atoms with van der Waals surface area (Å²) in [4.78, 5) is 8.82. The van der Waals surface area contributed by atoms with Gasteiger partial charge in [0.2, 0.25) is 5.95 Å². The maximum absolute atomic E-state index is 5.40. The van der Waals surface area contributed by atoms with Crippen LogP contribution in [-0.4, -0.2) is 30.7 Å². The quantitative estimate of drug-likeness (QED) is 0.678. The highest BCUT2D eigenvalue weighted by Crippen LogP contribution is 2.30. The van der Waals surface area contributed by atoms with Crippen molar-refractivity contribution in [1.29, 1.82) is 0 Å². The number of aromatic nitrogens is 2. The third-order valence-electron chi connectivity index (χ3n) is 4.45. The van der Waals surface area contributed by atoms with Crippen molar-refractivity contribution in [3.63, 3.8) is 0 Å². The second-order valence-electron chi connectivity index (χ2n) is 6.24. The van der Waals surface area contributed by atoms with Gasteiger partial charge in [0.05, 0.1) is 19.9 Å². The highest BCUT2D eigenvalue weighted by molar-refractivity contribution is 5.64. The molecule has 1 aliphatic carbocycles. The summed E-state index contributed by atoms with van der Waals surface area (Å²) in [5.74, 6) is 2.75. The van der Waals surface area contributed by atoms with Crippen LogP contribution in [0.3, 0.4) is 0 Å². The van der Waals surface area contributed by atoms with Gasteiger partial charge in [0.15, 0.2) is 0 Å². The smallest absolute Gasteiger partial charge is 0.229 e. The van der Waals surface area contributed by atoms with Crippen molar-refractivity contribution < 1.29 is 9.47 Å². The number of rotatable bonds is 8. The molecule has 1 aromatic heterocycles. The van der Waals surface area contributed by atoms with Crippen LogP contribution in [0, 0.1) is 0 Å². The maximum Gasteiger partial charge on any atom is 0.229 e. The zero-order valence-corrected chi connectivity index (χ0v) is 15.4. The average molecular weight is 354 g/mol. The van der Waals surface area contributed by atoms with E-state index in [2.05, 4.69) is 26.7 Å². The fourth-order valence-corrected chi connectivity index (χ4v) is 3.02. The normalized spacial score (nSPS) is 13.7. The topological polar surface area (TPSA) is 68.3 Å². The summed E-state index contributed by atoms with van der Waals surface area (Å²) in [5.41, 5.74) is 2.34. The van der Waals surface area contributed by atoms with Gasteiger partial charge < -0.3 is 20.1 Å². The van der Waals surface area contributed by atoms with Crippen LogP contribution in [0.5, 0.6) is 11.5 Å². The molecular weight excluding hydrogens is 328 g/mol. The van der Waals surface area contributed by atoms with Crippen LogP contribution in [0.15, 0.2) is 42.1 Å². The Balaban J connectivity index is 1.61. The lowest BCUT2D eigenvalue weighted by Gasteiger charge is -2.14. The molecule has 3 rings (SSSR count). The zero-order chi connectivity index (χ0) is 18.2. The number of anilines is 3. The van der Waals surface area contributed by atoms with E-state index in [0.717, 1.165) is 30.2 Å². The monoisotopic (exact) mass is 354 g/mol. The van der Waals surface area contributed by atoms with Gasteiger partial charge in [-0.1, -0.05) is 11.6 Å². The summed E-state index contributed by atoms with van der Waals surface area (Å²) >= 11 is 0. The Morgan fingerprint density at radius 1 is 1.12 bits per heavy atom. The van der Waals surface area contributed by atoms with Crippen molar-refractivity contribution in [2.45, 2.75) is 32.1 Å². The minimum atomic E-state index is 0.523. The summed E-state index contributed by atoms with van der Waals surface area (Å²) < 4.78 is 10.6. The molecule has 0 unspecified atom stereocenters. The van der Waals surface area contributed by atoms with E-state index >= 15 is 0 Å². The number of hydrogen-bond acceptors (Lipinski definition) is 6. The number of nitrogens with one attached hydrogen (secondary N) is 2. The molecule has 0 aliphatic heterocycles. The lowest BCUT2D eigenvalue weighted by molar-refractivity contribution is 0.395. The van der Waals surface area contributed by atoms with Gasteiger partial charge in [0, 0.05) is 18.8 Å². The molecule has 0 spiro atoms. The Bertz CT molecular complexity index is 761. The molecule has 1 aromatic carbocycles. The minimum Gasteiger partial charge on any atom is -0.497 e. The standard InChI is InChI=1S/C20H26N4O2/c1-25-16-8-9-17(18(14-16)26-2)23-20-22-13-11-19(24-20)21-12-10-15-6-4-3-5-7-15/h6,8-9,11,13-14H,3-5,7,10,12H2,1-2H3,(H2,21,22,23,24). The predicted molar refractivity (Wildman–Crippen MR) is 105 cm³/mol. The van der Waals surface area contributed by atoms with Gasteiger partial charge in [-0.05, 0) is 50.3 Å². The van der Waals surface area contributed by atoms with Crippen LogP contribution in [-0.2, 0) is 0 Å². The fourth-order valence-electron chi connectivity index (χ4n) is 3.02. The van der Waals surface area contributed by atoms with Crippen molar-refractivity contribution in [1.82, 2.24) is 9.97 Å². The molecule has 1 heterocycles. The molecule has 26 heavy (non-hydrogen) atoms. The van der Waals surface area contributed by atoms with Crippen LogP contribution in [0.4, 0.5) is 17.5 Å². The Morgan fingerprint density at radius 3 is 2.81 bits per heavy atom. The molecule has 6 nitrogen and oxygen atoms in total. The highest BCUT2D eigenvalue weighted by atomic mass is 16.5. The van der Waals surface area contributed by atoms with E-state index in [0.29, 0.717) is 11.7 Å². The van der Waals surface area contributed by atoms with Crippen LogP contribution >= 0.6 is 0 Å². The molecule has 0 fully saturated rings. The van der Waals surface area contributed by atoms with Crippen molar-refractivity contribution >= 4 is 17.5 Å². The SMILES string of the molecule is COc1ccc(Nc2nccc(NCCC3=CCCCC3)n2)c(OC)c1.